The van der Waals surface area contributed by atoms with Gasteiger partial charge in [-0.25, -0.2) is 18.2 Å². The predicted molar refractivity (Wildman–Crippen MR) is 98.5 cm³/mol. The van der Waals surface area contributed by atoms with Crippen molar-refractivity contribution in [2.75, 3.05) is 5.32 Å². The normalized spacial score (nSPS) is 12.7. The van der Waals surface area contributed by atoms with E-state index in [2.05, 4.69) is 15.3 Å². The molecule has 1 aliphatic carbocycles. The molecule has 0 fully saturated rings. The Morgan fingerprint density at radius 3 is 2.50 bits per heavy atom. The number of aromatic nitrogens is 2. The Hall–Kier alpha value is -3.22. The number of aryl methyl sites for hydroxylation is 1. The molecule has 0 aliphatic heterocycles. The lowest BCUT2D eigenvalue weighted by Gasteiger charge is -2.11. The third kappa shape index (κ3) is 3.13. The van der Waals surface area contributed by atoms with Crippen molar-refractivity contribution in [3.63, 3.8) is 0 Å². The number of nitrogens with one attached hydrogen (secondary N) is 1. The van der Waals surface area contributed by atoms with Crippen LogP contribution in [-0.4, -0.2) is 15.9 Å². The second-order valence-corrected chi connectivity index (χ2v) is 6.69. The number of amides is 1. The van der Waals surface area contributed by atoms with E-state index in [4.69, 9.17) is 0 Å². The van der Waals surface area contributed by atoms with Crippen LogP contribution in [-0.2, 0) is 12.8 Å². The lowest BCUT2D eigenvalue weighted by molar-refractivity contribution is 0.101. The summed E-state index contributed by atoms with van der Waals surface area (Å²) < 4.78 is 42.0. The first kappa shape index (κ1) is 18.2. The van der Waals surface area contributed by atoms with Gasteiger partial charge in [-0.15, -0.1) is 0 Å². The molecule has 1 aliphatic rings. The number of benzene rings is 2. The highest BCUT2D eigenvalue weighted by Crippen LogP contribution is 2.33. The Balaban J connectivity index is 1.60. The minimum absolute atomic E-state index is 0.0377. The zero-order valence-corrected chi connectivity index (χ0v) is 15.0. The Kier molecular flexibility index (Phi) is 4.58. The molecule has 1 heterocycles. The molecular weight excluding hydrogens is 367 g/mol. The van der Waals surface area contributed by atoms with Gasteiger partial charge >= 0.3 is 0 Å². The van der Waals surface area contributed by atoms with E-state index in [1.54, 1.807) is 6.92 Å². The summed E-state index contributed by atoms with van der Waals surface area (Å²) in [6.07, 6.45) is 5.17. The first-order valence-corrected chi connectivity index (χ1v) is 8.84. The van der Waals surface area contributed by atoms with E-state index in [-0.39, 0.29) is 11.6 Å². The SMILES string of the molecule is Cc1c(-c2cnc(NC(=O)c3c(F)cccc3F)cn2)cc2c(c1F)CCC2. The van der Waals surface area contributed by atoms with E-state index < -0.39 is 23.1 Å². The van der Waals surface area contributed by atoms with Crippen molar-refractivity contribution in [2.45, 2.75) is 26.2 Å². The number of anilines is 1. The van der Waals surface area contributed by atoms with Crippen molar-refractivity contribution in [2.24, 2.45) is 0 Å². The maximum atomic E-state index is 14.6. The fraction of sp³-hybridized carbons (Fsp3) is 0.190. The maximum absolute atomic E-state index is 14.6. The lowest BCUT2D eigenvalue weighted by Crippen LogP contribution is -2.16. The van der Waals surface area contributed by atoms with Gasteiger partial charge in [0.25, 0.3) is 5.91 Å². The summed E-state index contributed by atoms with van der Waals surface area (Å²) in [5.41, 5.74) is 2.66. The number of nitrogens with zero attached hydrogens (tertiary/aromatic N) is 2. The average molecular weight is 383 g/mol. The average Bonchev–Trinajstić information content (AvgIpc) is 3.14. The summed E-state index contributed by atoms with van der Waals surface area (Å²) in [6, 6.07) is 5.10. The topological polar surface area (TPSA) is 54.9 Å². The molecule has 4 rings (SSSR count). The summed E-state index contributed by atoms with van der Waals surface area (Å²) >= 11 is 0. The van der Waals surface area contributed by atoms with Crippen LogP contribution >= 0.6 is 0 Å². The molecule has 0 saturated heterocycles. The zero-order valence-electron chi connectivity index (χ0n) is 15.0. The number of carbonyl (C=O) groups is 1. The lowest BCUT2D eigenvalue weighted by atomic mass is 9.98. The molecule has 0 saturated carbocycles. The molecule has 0 radical (unpaired) electrons. The smallest absolute Gasteiger partial charge is 0.262 e. The minimum atomic E-state index is -0.966. The van der Waals surface area contributed by atoms with Crippen LogP contribution in [0.5, 0.6) is 0 Å². The molecule has 3 aromatic rings. The molecule has 1 amide bonds. The van der Waals surface area contributed by atoms with Gasteiger partial charge in [-0.2, -0.15) is 0 Å². The van der Waals surface area contributed by atoms with Gasteiger partial charge < -0.3 is 5.32 Å². The molecule has 7 heteroatoms. The van der Waals surface area contributed by atoms with Crippen LogP contribution in [0.15, 0.2) is 36.7 Å². The summed E-state index contributed by atoms with van der Waals surface area (Å²) in [7, 11) is 0. The molecule has 1 aromatic heterocycles. The van der Waals surface area contributed by atoms with Crippen molar-refractivity contribution in [1.82, 2.24) is 9.97 Å². The molecule has 0 unspecified atom stereocenters. The first-order valence-electron chi connectivity index (χ1n) is 8.84. The quantitative estimate of drug-likeness (QED) is 0.719. The standard InChI is InChI=1S/C21H16F3N3O/c1-11-14(8-12-4-2-5-13(12)20(11)24)17-9-26-18(10-25-17)27-21(28)19-15(22)6-3-7-16(19)23/h3,6-10H,2,4-5H2,1H3,(H,26,27,28). The Bertz CT molecular complexity index is 1060. The van der Waals surface area contributed by atoms with Gasteiger partial charge in [-0.05, 0) is 61.1 Å². The van der Waals surface area contributed by atoms with Crippen molar-refractivity contribution in [3.8, 4) is 11.3 Å². The van der Waals surface area contributed by atoms with Crippen LogP contribution in [0.3, 0.4) is 0 Å². The van der Waals surface area contributed by atoms with Crippen LogP contribution in [0.1, 0.15) is 33.5 Å². The van der Waals surface area contributed by atoms with E-state index in [0.717, 1.165) is 42.5 Å². The Labute approximate surface area is 159 Å². The zero-order chi connectivity index (χ0) is 19.8. The van der Waals surface area contributed by atoms with Crippen molar-refractivity contribution >= 4 is 11.7 Å². The van der Waals surface area contributed by atoms with Gasteiger partial charge in [-0.1, -0.05) is 6.07 Å². The summed E-state index contributed by atoms with van der Waals surface area (Å²) in [4.78, 5) is 20.4. The van der Waals surface area contributed by atoms with E-state index >= 15 is 0 Å². The summed E-state index contributed by atoms with van der Waals surface area (Å²) in [6.45, 7) is 1.70. The third-order valence-electron chi connectivity index (χ3n) is 4.94. The third-order valence-corrected chi connectivity index (χ3v) is 4.94. The Morgan fingerprint density at radius 1 is 1.07 bits per heavy atom. The molecular formula is C21H16F3N3O. The molecule has 0 bridgehead atoms. The monoisotopic (exact) mass is 383 g/mol. The number of hydrogen-bond donors (Lipinski definition) is 1. The first-order chi connectivity index (χ1) is 13.5. The van der Waals surface area contributed by atoms with Crippen LogP contribution in [0, 0.1) is 24.4 Å². The van der Waals surface area contributed by atoms with Crippen molar-refractivity contribution in [3.05, 3.63) is 76.4 Å². The van der Waals surface area contributed by atoms with E-state index in [1.807, 2.05) is 6.07 Å². The predicted octanol–water partition coefficient (Wildman–Crippen LogP) is 4.61. The fourth-order valence-corrected chi connectivity index (χ4v) is 3.50. The highest BCUT2D eigenvalue weighted by molar-refractivity contribution is 6.04. The number of rotatable bonds is 3. The van der Waals surface area contributed by atoms with Gasteiger partial charge in [0.05, 0.1) is 18.1 Å². The fourth-order valence-electron chi connectivity index (χ4n) is 3.50. The highest BCUT2D eigenvalue weighted by Gasteiger charge is 2.21. The minimum Gasteiger partial charge on any atom is -0.305 e. The number of halogens is 3. The molecule has 2 aromatic carbocycles. The Morgan fingerprint density at radius 2 is 1.82 bits per heavy atom. The van der Waals surface area contributed by atoms with Crippen LogP contribution in [0.4, 0.5) is 19.0 Å². The van der Waals surface area contributed by atoms with Crippen LogP contribution < -0.4 is 5.32 Å². The second-order valence-electron chi connectivity index (χ2n) is 6.69. The summed E-state index contributed by atoms with van der Waals surface area (Å²) in [5, 5.41) is 2.32. The molecule has 28 heavy (non-hydrogen) atoms. The van der Waals surface area contributed by atoms with Crippen molar-refractivity contribution < 1.29 is 18.0 Å². The summed E-state index contributed by atoms with van der Waals surface area (Å²) in [5.74, 6) is -3.06. The number of carbonyl (C=O) groups excluding carboxylic acids is 1. The van der Waals surface area contributed by atoms with E-state index in [9.17, 15) is 18.0 Å². The second kappa shape index (κ2) is 7.07. The molecule has 0 atom stereocenters. The largest absolute Gasteiger partial charge is 0.305 e. The van der Waals surface area contributed by atoms with Gasteiger partial charge in [-0.3, -0.25) is 9.78 Å². The van der Waals surface area contributed by atoms with E-state index in [0.29, 0.717) is 16.8 Å². The number of fused-ring (bicyclic) bond motifs is 1. The van der Waals surface area contributed by atoms with Crippen molar-refractivity contribution in [1.29, 1.82) is 0 Å². The molecule has 4 nitrogen and oxygen atoms in total. The number of hydrogen-bond acceptors (Lipinski definition) is 3. The van der Waals surface area contributed by atoms with Gasteiger partial charge in [0.2, 0.25) is 0 Å². The van der Waals surface area contributed by atoms with Gasteiger partial charge in [0.1, 0.15) is 23.0 Å². The molecule has 142 valence electrons. The van der Waals surface area contributed by atoms with Gasteiger partial charge in [0, 0.05) is 5.56 Å². The molecule has 0 spiro atoms. The van der Waals surface area contributed by atoms with E-state index in [1.165, 1.54) is 18.5 Å². The highest BCUT2D eigenvalue weighted by atomic mass is 19.1. The molecule has 1 N–H and O–H groups in total. The maximum Gasteiger partial charge on any atom is 0.262 e. The van der Waals surface area contributed by atoms with Gasteiger partial charge in [0.15, 0.2) is 5.82 Å². The van der Waals surface area contributed by atoms with Crippen LogP contribution in [0.25, 0.3) is 11.3 Å². The van der Waals surface area contributed by atoms with Crippen LogP contribution in [0.2, 0.25) is 0 Å².